The number of carbonyl (C=O) groups is 1. The molecule has 2 atom stereocenters. The van der Waals surface area contributed by atoms with Crippen LogP contribution in [0.5, 0.6) is 0 Å². The van der Waals surface area contributed by atoms with Crippen molar-refractivity contribution in [3.05, 3.63) is 16.1 Å². The zero-order chi connectivity index (χ0) is 14.8. The van der Waals surface area contributed by atoms with E-state index in [-0.39, 0.29) is 31.3 Å². The topological polar surface area (TPSA) is 74.2 Å². The van der Waals surface area contributed by atoms with Gasteiger partial charge in [-0.05, 0) is 6.42 Å². The molecule has 2 heterocycles. The van der Waals surface area contributed by atoms with E-state index in [0.29, 0.717) is 18.0 Å². The first-order chi connectivity index (χ1) is 9.36. The second kappa shape index (κ2) is 7.39. The molecular weight excluding hydrogens is 331 g/mol. The van der Waals surface area contributed by atoms with Crippen molar-refractivity contribution < 1.29 is 23.1 Å². The number of β-amino-alcohol motifs (C(OH)–C–C–N with tert-alkyl or cyclic N) is 1. The fraction of sp³-hybridized carbons (Fsp3) is 0.636. The Kier molecular flexibility index (Phi) is 6.39. The van der Waals surface area contributed by atoms with Crippen LogP contribution < -0.4 is 10.6 Å². The molecule has 0 spiro atoms. The van der Waals surface area contributed by atoms with E-state index < -0.39 is 24.0 Å². The molecule has 1 aromatic heterocycles. The van der Waals surface area contributed by atoms with E-state index in [2.05, 4.69) is 15.6 Å². The summed E-state index contributed by atoms with van der Waals surface area (Å²) < 4.78 is 37.0. The van der Waals surface area contributed by atoms with Crippen molar-refractivity contribution in [3.8, 4) is 0 Å². The Balaban J connectivity index is 0.00000220. The van der Waals surface area contributed by atoms with Crippen molar-refractivity contribution >= 4 is 29.7 Å². The summed E-state index contributed by atoms with van der Waals surface area (Å²) in [4.78, 5) is 15.1. The van der Waals surface area contributed by atoms with Gasteiger partial charge in [0.1, 0.15) is 0 Å². The molecule has 3 N–H and O–H groups in total. The Labute approximate surface area is 129 Å². The van der Waals surface area contributed by atoms with Crippen molar-refractivity contribution in [2.45, 2.75) is 31.2 Å². The van der Waals surface area contributed by atoms with Crippen LogP contribution in [0.1, 0.15) is 17.1 Å². The molecule has 10 heteroatoms. The molecule has 1 aliphatic rings. The molecule has 0 aliphatic carbocycles. The highest BCUT2D eigenvalue weighted by atomic mass is 35.5. The molecule has 0 aromatic carbocycles. The summed E-state index contributed by atoms with van der Waals surface area (Å²) in [7, 11) is 0. The van der Waals surface area contributed by atoms with Gasteiger partial charge in [0.25, 0.3) is 0 Å². The van der Waals surface area contributed by atoms with E-state index in [0.717, 1.165) is 16.7 Å². The molecule has 1 aromatic rings. The Hall–Kier alpha value is -0.900. The largest absolute Gasteiger partial charge is 0.434 e. The number of nitrogens with one attached hydrogen (secondary N) is 2. The zero-order valence-electron chi connectivity index (χ0n) is 10.8. The minimum absolute atomic E-state index is 0. The smallest absolute Gasteiger partial charge is 0.392 e. The van der Waals surface area contributed by atoms with Gasteiger partial charge in [0.05, 0.1) is 17.2 Å². The number of amides is 1. The summed E-state index contributed by atoms with van der Waals surface area (Å²) in [6.45, 7) is 0.595. The van der Waals surface area contributed by atoms with Gasteiger partial charge in [-0.2, -0.15) is 13.2 Å². The molecule has 1 amide bonds. The highest BCUT2D eigenvalue weighted by molar-refractivity contribution is 7.09. The number of nitrogens with zero attached hydrogens (tertiary/aromatic N) is 1. The van der Waals surface area contributed by atoms with E-state index in [1.165, 1.54) is 0 Å². The van der Waals surface area contributed by atoms with Crippen molar-refractivity contribution in [2.24, 2.45) is 0 Å². The van der Waals surface area contributed by atoms with Crippen molar-refractivity contribution in [3.63, 3.8) is 0 Å². The van der Waals surface area contributed by atoms with Crippen molar-refractivity contribution in [1.29, 1.82) is 0 Å². The highest BCUT2D eigenvalue weighted by Gasteiger charge is 2.33. The molecule has 21 heavy (non-hydrogen) atoms. The predicted octanol–water partition coefficient (Wildman–Crippen LogP) is 0.965. The van der Waals surface area contributed by atoms with Crippen LogP contribution in [0, 0.1) is 0 Å². The van der Waals surface area contributed by atoms with Crippen LogP contribution >= 0.6 is 23.7 Å². The maximum absolute atomic E-state index is 12.3. The summed E-state index contributed by atoms with van der Waals surface area (Å²) in [5.41, 5.74) is -0.899. The van der Waals surface area contributed by atoms with Gasteiger partial charge in [0, 0.05) is 24.9 Å². The van der Waals surface area contributed by atoms with Gasteiger partial charge in [0.15, 0.2) is 5.69 Å². The molecule has 5 nitrogen and oxygen atoms in total. The standard InChI is InChI=1S/C11H14F3N3O2S.ClH/c12-11(13,14)8-5-20-9(17-8)1-2-15-10(19)7-3-6(18)4-16-7;/h5-7,16,18H,1-4H2,(H,15,19);1H. The molecule has 0 radical (unpaired) electrons. The predicted molar refractivity (Wildman–Crippen MR) is 73.5 cm³/mol. The second-order valence-electron chi connectivity index (χ2n) is 4.52. The highest BCUT2D eigenvalue weighted by Crippen LogP contribution is 2.29. The summed E-state index contributed by atoms with van der Waals surface area (Å²) in [6.07, 6.45) is -4.36. The van der Waals surface area contributed by atoms with E-state index in [1.54, 1.807) is 0 Å². The summed E-state index contributed by atoms with van der Waals surface area (Å²) in [5, 5.41) is 16.0. The number of aromatic nitrogens is 1. The Morgan fingerprint density at radius 2 is 2.29 bits per heavy atom. The van der Waals surface area contributed by atoms with E-state index in [9.17, 15) is 23.1 Å². The van der Waals surface area contributed by atoms with E-state index in [4.69, 9.17) is 0 Å². The number of hydrogen-bond donors (Lipinski definition) is 3. The number of hydrogen-bond acceptors (Lipinski definition) is 5. The van der Waals surface area contributed by atoms with E-state index >= 15 is 0 Å². The number of aliphatic hydroxyl groups is 1. The fourth-order valence-corrected chi connectivity index (χ4v) is 2.69. The van der Waals surface area contributed by atoms with Crippen LogP contribution in [0.15, 0.2) is 5.38 Å². The minimum atomic E-state index is -4.43. The molecular formula is C11H15ClF3N3O2S. The molecule has 1 saturated heterocycles. The first kappa shape index (κ1) is 18.1. The van der Waals surface area contributed by atoms with Crippen molar-refractivity contribution in [2.75, 3.05) is 13.1 Å². The van der Waals surface area contributed by atoms with Gasteiger partial charge in [0.2, 0.25) is 5.91 Å². The first-order valence-corrected chi connectivity index (χ1v) is 6.95. The Morgan fingerprint density at radius 1 is 1.57 bits per heavy atom. The number of alkyl halides is 3. The minimum Gasteiger partial charge on any atom is -0.392 e. The van der Waals surface area contributed by atoms with Gasteiger partial charge < -0.3 is 15.7 Å². The molecule has 1 fully saturated rings. The Morgan fingerprint density at radius 3 is 2.81 bits per heavy atom. The Bertz CT molecular complexity index is 484. The third-order valence-corrected chi connectivity index (χ3v) is 3.81. The number of carbonyl (C=O) groups excluding carboxylic acids is 1. The lowest BCUT2D eigenvalue weighted by molar-refractivity contribution is -0.140. The number of halogens is 4. The summed E-state index contributed by atoms with van der Waals surface area (Å²) in [6, 6.07) is -0.438. The number of rotatable bonds is 4. The van der Waals surface area contributed by atoms with Gasteiger partial charge in [-0.15, -0.1) is 23.7 Å². The molecule has 2 unspecified atom stereocenters. The number of aliphatic hydroxyl groups excluding tert-OH is 1. The van der Waals surface area contributed by atoms with Gasteiger partial charge >= 0.3 is 6.18 Å². The third kappa shape index (κ3) is 5.10. The molecule has 120 valence electrons. The first-order valence-electron chi connectivity index (χ1n) is 6.07. The van der Waals surface area contributed by atoms with Crippen molar-refractivity contribution in [1.82, 2.24) is 15.6 Å². The van der Waals surface area contributed by atoms with E-state index in [1.807, 2.05) is 0 Å². The molecule has 2 rings (SSSR count). The maximum Gasteiger partial charge on any atom is 0.434 e. The zero-order valence-corrected chi connectivity index (χ0v) is 12.4. The third-order valence-electron chi connectivity index (χ3n) is 2.90. The average Bonchev–Trinajstić information content (AvgIpc) is 2.97. The van der Waals surface area contributed by atoms with Gasteiger partial charge in [-0.1, -0.05) is 0 Å². The van der Waals surface area contributed by atoms with Gasteiger partial charge in [-0.25, -0.2) is 4.98 Å². The van der Waals surface area contributed by atoms with Gasteiger partial charge in [-0.3, -0.25) is 4.79 Å². The normalized spacial score (nSPS) is 21.9. The van der Waals surface area contributed by atoms with Crippen LogP contribution in [-0.4, -0.2) is 41.2 Å². The second-order valence-corrected chi connectivity index (χ2v) is 5.46. The monoisotopic (exact) mass is 345 g/mol. The summed E-state index contributed by atoms with van der Waals surface area (Å²) >= 11 is 0.923. The van der Waals surface area contributed by atoms with Crippen LogP contribution in [0.2, 0.25) is 0 Å². The molecule has 1 aliphatic heterocycles. The quantitative estimate of drug-likeness (QED) is 0.760. The summed E-state index contributed by atoms with van der Waals surface area (Å²) in [5.74, 6) is -0.255. The SMILES string of the molecule is Cl.O=C(NCCc1nc(C(F)(F)F)cs1)C1CC(O)CN1. The lowest BCUT2D eigenvalue weighted by Gasteiger charge is -2.10. The lowest BCUT2D eigenvalue weighted by Crippen LogP contribution is -2.41. The molecule has 0 bridgehead atoms. The van der Waals surface area contributed by atoms with Crippen LogP contribution in [0.4, 0.5) is 13.2 Å². The number of thiazole rings is 1. The average molecular weight is 346 g/mol. The fourth-order valence-electron chi connectivity index (χ4n) is 1.89. The van der Waals surface area contributed by atoms with Crippen LogP contribution in [0.25, 0.3) is 0 Å². The maximum atomic E-state index is 12.3. The van der Waals surface area contributed by atoms with Crippen LogP contribution in [0.3, 0.4) is 0 Å². The molecule has 0 saturated carbocycles. The lowest BCUT2D eigenvalue weighted by atomic mass is 10.2. The van der Waals surface area contributed by atoms with Crippen LogP contribution in [-0.2, 0) is 17.4 Å².